The molecule has 1 aliphatic carbocycles. The van der Waals surface area contributed by atoms with E-state index in [1.807, 2.05) is 26.0 Å². The second-order valence-corrected chi connectivity index (χ2v) is 9.83. The number of amides is 1. The molecule has 0 unspecified atom stereocenters. The molecule has 1 saturated heterocycles. The van der Waals surface area contributed by atoms with Crippen LogP contribution < -0.4 is 5.32 Å². The van der Waals surface area contributed by atoms with Crippen LogP contribution in [0.1, 0.15) is 43.4 Å². The molecule has 0 spiro atoms. The second kappa shape index (κ2) is 11.7. The van der Waals surface area contributed by atoms with Crippen molar-refractivity contribution < 1.29 is 32.9 Å². The van der Waals surface area contributed by atoms with Crippen LogP contribution in [-0.2, 0) is 41.7 Å². The first-order valence-electron chi connectivity index (χ1n) is 12.4. The van der Waals surface area contributed by atoms with E-state index in [9.17, 15) is 14.4 Å². The minimum atomic E-state index is -1.32. The fraction of sp³-hybridized carbons (Fsp3) is 0.500. The van der Waals surface area contributed by atoms with E-state index in [1.54, 1.807) is 31.4 Å². The monoisotopic (exact) mass is 512 g/mol. The third-order valence-electron chi connectivity index (χ3n) is 6.65. The number of nitrogens with one attached hydrogen (secondary N) is 1. The Morgan fingerprint density at radius 3 is 2.73 bits per heavy atom. The van der Waals surface area contributed by atoms with Crippen LogP contribution in [0.4, 0.5) is 4.39 Å². The summed E-state index contributed by atoms with van der Waals surface area (Å²) in [5.74, 6) is -1.57. The number of fused-ring (bicyclic) bond motifs is 1. The number of nitrogens with zero attached hydrogens (tertiary/aromatic N) is 1. The van der Waals surface area contributed by atoms with Gasteiger partial charge in [0, 0.05) is 26.5 Å². The lowest BCUT2D eigenvalue weighted by molar-refractivity contribution is -0.183. The van der Waals surface area contributed by atoms with Crippen molar-refractivity contribution in [1.29, 1.82) is 5.26 Å². The van der Waals surface area contributed by atoms with Crippen molar-refractivity contribution in [3.05, 3.63) is 71.0 Å². The number of hydrogen-bond acceptors (Lipinski definition) is 7. The summed E-state index contributed by atoms with van der Waals surface area (Å²) in [5, 5.41) is 12.4. The molecular formula is C28H33FN2O6. The maximum Gasteiger partial charge on any atom is 0.252 e. The SMILES string of the molecule is COCCNC(=O)[C@@]1(OCc2cccc(F)c2)C[C@H](OCc2ccccc2C#N)[C@@H]2OC(C)(C)O[C@@H]2C1. The van der Waals surface area contributed by atoms with E-state index in [0.717, 1.165) is 5.56 Å². The average Bonchev–Trinajstić information content (AvgIpc) is 3.20. The van der Waals surface area contributed by atoms with Gasteiger partial charge in [-0.05, 0) is 43.2 Å². The lowest BCUT2D eigenvalue weighted by atomic mass is 9.78. The minimum Gasteiger partial charge on any atom is -0.383 e. The molecule has 2 aliphatic rings. The zero-order valence-electron chi connectivity index (χ0n) is 21.4. The first-order chi connectivity index (χ1) is 17.7. The number of methoxy groups -OCH3 is 1. The summed E-state index contributed by atoms with van der Waals surface area (Å²) in [5.41, 5.74) is 0.547. The van der Waals surface area contributed by atoms with E-state index in [4.69, 9.17) is 23.7 Å². The van der Waals surface area contributed by atoms with Crippen LogP contribution in [-0.4, -0.2) is 55.9 Å². The van der Waals surface area contributed by atoms with Crippen molar-refractivity contribution in [1.82, 2.24) is 5.32 Å². The molecule has 2 aromatic carbocycles. The van der Waals surface area contributed by atoms with E-state index in [2.05, 4.69) is 11.4 Å². The van der Waals surface area contributed by atoms with Gasteiger partial charge in [0.05, 0.1) is 43.7 Å². The smallest absolute Gasteiger partial charge is 0.252 e. The van der Waals surface area contributed by atoms with Gasteiger partial charge in [-0.3, -0.25) is 4.79 Å². The molecular weight excluding hydrogens is 479 g/mol. The Bertz CT molecular complexity index is 1140. The van der Waals surface area contributed by atoms with Gasteiger partial charge in [0.2, 0.25) is 0 Å². The first-order valence-corrected chi connectivity index (χ1v) is 12.4. The lowest BCUT2D eigenvalue weighted by Crippen LogP contribution is -2.60. The summed E-state index contributed by atoms with van der Waals surface area (Å²) >= 11 is 0. The highest BCUT2D eigenvalue weighted by atomic mass is 19.1. The molecule has 9 heteroatoms. The van der Waals surface area contributed by atoms with Crippen LogP contribution in [0.25, 0.3) is 0 Å². The lowest BCUT2D eigenvalue weighted by Gasteiger charge is -2.43. The molecule has 0 aromatic heterocycles. The normalized spacial score (nSPS) is 26.3. The number of carbonyl (C=O) groups excluding carboxylic acids is 1. The number of rotatable bonds is 10. The summed E-state index contributed by atoms with van der Waals surface area (Å²) in [7, 11) is 1.56. The molecule has 0 bridgehead atoms. The Balaban J connectivity index is 1.61. The van der Waals surface area contributed by atoms with Crippen molar-refractivity contribution in [2.75, 3.05) is 20.3 Å². The van der Waals surface area contributed by atoms with E-state index in [0.29, 0.717) is 24.3 Å². The van der Waals surface area contributed by atoms with Gasteiger partial charge in [-0.15, -0.1) is 0 Å². The molecule has 1 saturated carbocycles. The van der Waals surface area contributed by atoms with Gasteiger partial charge in [0.15, 0.2) is 11.4 Å². The third-order valence-corrected chi connectivity index (χ3v) is 6.65. The van der Waals surface area contributed by atoms with Gasteiger partial charge in [-0.1, -0.05) is 30.3 Å². The molecule has 4 rings (SSSR count). The first kappa shape index (κ1) is 27.2. The second-order valence-electron chi connectivity index (χ2n) is 9.83. The van der Waals surface area contributed by atoms with E-state index in [1.165, 1.54) is 12.1 Å². The summed E-state index contributed by atoms with van der Waals surface area (Å²) in [6, 6.07) is 15.5. The largest absolute Gasteiger partial charge is 0.383 e. The van der Waals surface area contributed by atoms with Gasteiger partial charge in [-0.25, -0.2) is 4.39 Å². The Labute approximate surface area is 216 Å². The van der Waals surface area contributed by atoms with Crippen LogP contribution in [0.3, 0.4) is 0 Å². The number of benzene rings is 2. The standard InChI is InChI=1S/C28H33FN2O6/c1-27(2)36-24-15-28(26(32)31-11-12-33-3,35-17-19-7-6-10-22(29)13-19)14-23(25(24)37-27)34-18-21-9-5-4-8-20(21)16-30/h4-10,13,23-25H,11-12,14-15,17-18H2,1-3H3,(H,31,32)/t23-,24+,25-,28+/m0/s1. The molecule has 198 valence electrons. The van der Waals surface area contributed by atoms with E-state index >= 15 is 0 Å². The van der Waals surface area contributed by atoms with Crippen molar-refractivity contribution in [3.63, 3.8) is 0 Å². The number of carbonyl (C=O) groups is 1. The molecule has 8 nitrogen and oxygen atoms in total. The molecule has 1 heterocycles. The average molecular weight is 513 g/mol. The van der Waals surface area contributed by atoms with Crippen molar-refractivity contribution in [2.45, 2.75) is 69.6 Å². The number of ether oxygens (including phenoxy) is 5. The molecule has 4 atom stereocenters. The number of nitriles is 1. The highest BCUT2D eigenvalue weighted by molar-refractivity contribution is 5.85. The topological polar surface area (TPSA) is 99.0 Å². The zero-order chi connectivity index (χ0) is 26.5. The summed E-state index contributed by atoms with van der Waals surface area (Å²) < 4.78 is 43.9. The van der Waals surface area contributed by atoms with Crippen molar-refractivity contribution in [3.8, 4) is 6.07 Å². The number of halogens is 1. The van der Waals surface area contributed by atoms with Gasteiger partial charge in [0.1, 0.15) is 11.9 Å². The molecule has 1 amide bonds. The van der Waals surface area contributed by atoms with Gasteiger partial charge in [-0.2, -0.15) is 5.26 Å². The maximum absolute atomic E-state index is 13.8. The van der Waals surface area contributed by atoms with E-state index in [-0.39, 0.29) is 37.8 Å². The Morgan fingerprint density at radius 2 is 1.97 bits per heavy atom. The molecule has 2 aromatic rings. The van der Waals surface area contributed by atoms with Gasteiger partial charge >= 0.3 is 0 Å². The summed E-state index contributed by atoms with van der Waals surface area (Å²) in [6.45, 7) is 4.48. The maximum atomic E-state index is 13.8. The molecule has 37 heavy (non-hydrogen) atoms. The summed E-state index contributed by atoms with van der Waals surface area (Å²) in [4.78, 5) is 13.6. The van der Waals surface area contributed by atoms with Crippen LogP contribution in [0.2, 0.25) is 0 Å². The fourth-order valence-electron chi connectivity index (χ4n) is 4.94. The van der Waals surface area contributed by atoms with Crippen LogP contribution >= 0.6 is 0 Å². The molecule has 1 N–H and O–H groups in total. The highest BCUT2D eigenvalue weighted by Gasteiger charge is 2.58. The van der Waals surface area contributed by atoms with Crippen LogP contribution in [0.15, 0.2) is 48.5 Å². The fourth-order valence-corrected chi connectivity index (χ4v) is 4.94. The Hall–Kier alpha value is -2.87. The summed E-state index contributed by atoms with van der Waals surface area (Å²) in [6.07, 6.45) is -1.03. The zero-order valence-corrected chi connectivity index (χ0v) is 21.4. The van der Waals surface area contributed by atoms with Gasteiger partial charge in [0.25, 0.3) is 5.91 Å². The van der Waals surface area contributed by atoms with Crippen molar-refractivity contribution in [2.24, 2.45) is 0 Å². The van der Waals surface area contributed by atoms with Crippen LogP contribution in [0.5, 0.6) is 0 Å². The van der Waals surface area contributed by atoms with E-state index < -0.39 is 29.7 Å². The molecule has 0 radical (unpaired) electrons. The predicted octanol–water partition coefficient (Wildman–Crippen LogP) is 3.61. The third kappa shape index (κ3) is 6.53. The van der Waals surface area contributed by atoms with Crippen LogP contribution in [0, 0.1) is 17.1 Å². The molecule has 2 fully saturated rings. The predicted molar refractivity (Wildman–Crippen MR) is 132 cm³/mol. The molecule has 1 aliphatic heterocycles. The Kier molecular flexibility index (Phi) is 8.57. The number of hydrogen-bond donors (Lipinski definition) is 1. The van der Waals surface area contributed by atoms with Gasteiger partial charge < -0.3 is 29.0 Å². The highest BCUT2D eigenvalue weighted by Crippen LogP contribution is 2.44. The van der Waals surface area contributed by atoms with Crippen molar-refractivity contribution >= 4 is 5.91 Å². The quantitative estimate of drug-likeness (QED) is 0.486. The minimum absolute atomic E-state index is 0.0288. The Morgan fingerprint density at radius 1 is 1.16 bits per heavy atom.